The SMILES string of the molecule is CC[C@@H](C)n1cc(/C=N\NC(=O)c2cccc(C(F)(F)F)c2)c2ccccc21. The third-order valence-electron chi connectivity index (χ3n) is 4.66. The molecule has 3 rings (SSSR count). The highest BCUT2D eigenvalue weighted by Crippen LogP contribution is 2.29. The van der Waals surface area contributed by atoms with E-state index in [4.69, 9.17) is 0 Å². The maximum Gasteiger partial charge on any atom is 0.416 e. The molecule has 1 amide bonds. The van der Waals surface area contributed by atoms with Crippen LogP contribution in [0.2, 0.25) is 0 Å². The van der Waals surface area contributed by atoms with Gasteiger partial charge in [-0.25, -0.2) is 5.43 Å². The van der Waals surface area contributed by atoms with Crippen LogP contribution < -0.4 is 5.43 Å². The Morgan fingerprint density at radius 1 is 1.21 bits per heavy atom. The number of benzene rings is 2. The Bertz CT molecular complexity index is 1020. The largest absolute Gasteiger partial charge is 0.416 e. The van der Waals surface area contributed by atoms with Crippen LogP contribution in [-0.2, 0) is 6.18 Å². The maximum absolute atomic E-state index is 12.8. The topological polar surface area (TPSA) is 46.4 Å². The van der Waals surface area contributed by atoms with Crippen molar-refractivity contribution in [1.29, 1.82) is 0 Å². The quantitative estimate of drug-likeness (QED) is 0.463. The van der Waals surface area contributed by atoms with Crippen LogP contribution in [0.1, 0.15) is 47.8 Å². The first-order valence-corrected chi connectivity index (χ1v) is 8.91. The number of amides is 1. The Hall–Kier alpha value is -3.09. The number of fused-ring (bicyclic) bond motifs is 1. The summed E-state index contributed by atoms with van der Waals surface area (Å²) in [5, 5.41) is 4.93. The molecule has 0 aliphatic rings. The monoisotopic (exact) mass is 387 g/mol. The summed E-state index contributed by atoms with van der Waals surface area (Å²) in [6.45, 7) is 4.21. The number of rotatable bonds is 5. The van der Waals surface area contributed by atoms with E-state index in [1.165, 1.54) is 18.3 Å². The highest BCUT2D eigenvalue weighted by atomic mass is 19.4. The van der Waals surface area contributed by atoms with E-state index in [2.05, 4.69) is 28.9 Å². The molecule has 28 heavy (non-hydrogen) atoms. The Morgan fingerprint density at radius 3 is 2.68 bits per heavy atom. The Labute approximate surface area is 160 Å². The van der Waals surface area contributed by atoms with Crippen molar-refractivity contribution < 1.29 is 18.0 Å². The Morgan fingerprint density at radius 2 is 1.96 bits per heavy atom. The van der Waals surface area contributed by atoms with Crippen molar-refractivity contribution in [3.8, 4) is 0 Å². The lowest BCUT2D eigenvalue weighted by Gasteiger charge is -2.12. The summed E-state index contributed by atoms with van der Waals surface area (Å²) in [7, 11) is 0. The Balaban J connectivity index is 1.81. The molecule has 3 aromatic rings. The fraction of sp³-hybridized carbons (Fsp3) is 0.238. The summed E-state index contributed by atoms with van der Waals surface area (Å²) >= 11 is 0. The lowest BCUT2D eigenvalue weighted by atomic mass is 10.1. The molecule has 4 nitrogen and oxygen atoms in total. The summed E-state index contributed by atoms with van der Waals surface area (Å²) in [6, 6.07) is 12.4. The predicted molar refractivity (Wildman–Crippen MR) is 103 cm³/mol. The summed E-state index contributed by atoms with van der Waals surface area (Å²) in [5.41, 5.74) is 3.20. The van der Waals surface area contributed by atoms with Crippen LogP contribution in [0.25, 0.3) is 10.9 Å². The molecule has 0 spiro atoms. The lowest BCUT2D eigenvalue weighted by Crippen LogP contribution is -2.18. The van der Waals surface area contributed by atoms with Gasteiger partial charge in [0.05, 0.1) is 11.8 Å². The zero-order valence-electron chi connectivity index (χ0n) is 15.5. The van der Waals surface area contributed by atoms with Crippen molar-refractivity contribution in [3.05, 3.63) is 71.4 Å². The van der Waals surface area contributed by atoms with Gasteiger partial charge >= 0.3 is 6.18 Å². The van der Waals surface area contributed by atoms with Crippen LogP contribution in [0.15, 0.2) is 59.8 Å². The van der Waals surface area contributed by atoms with Crippen LogP contribution in [0.4, 0.5) is 13.2 Å². The first-order chi connectivity index (χ1) is 13.3. The first-order valence-electron chi connectivity index (χ1n) is 8.91. The molecular formula is C21H20F3N3O. The number of hydrazone groups is 1. The number of aromatic nitrogens is 1. The molecule has 0 saturated heterocycles. The molecule has 0 unspecified atom stereocenters. The molecule has 0 radical (unpaired) electrons. The fourth-order valence-corrected chi connectivity index (χ4v) is 2.96. The van der Waals surface area contributed by atoms with Crippen molar-refractivity contribution in [2.75, 3.05) is 0 Å². The average molecular weight is 387 g/mol. The van der Waals surface area contributed by atoms with Crippen molar-refractivity contribution in [2.24, 2.45) is 5.10 Å². The minimum absolute atomic E-state index is 0.103. The number of hydrogen-bond acceptors (Lipinski definition) is 2. The molecule has 0 saturated carbocycles. The molecule has 0 bridgehead atoms. The van der Waals surface area contributed by atoms with E-state index >= 15 is 0 Å². The smallest absolute Gasteiger partial charge is 0.344 e. The van der Waals surface area contributed by atoms with Crippen LogP contribution >= 0.6 is 0 Å². The van der Waals surface area contributed by atoms with Crippen LogP contribution in [0, 0.1) is 0 Å². The summed E-state index contributed by atoms with van der Waals surface area (Å²) < 4.78 is 40.5. The lowest BCUT2D eigenvalue weighted by molar-refractivity contribution is -0.137. The zero-order chi connectivity index (χ0) is 20.3. The fourth-order valence-electron chi connectivity index (χ4n) is 2.96. The van der Waals surface area contributed by atoms with E-state index in [1.807, 2.05) is 30.5 Å². The third kappa shape index (κ3) is 4.08. The number of carbonyl (C=O) groups excluding carboxylic acids is 1. The summed E-state index contributed by atoms with van der Waals surface area (Å²) in [4.78, 5) is 12.1. The predicted octanol–water partition coefficient (Wildman–Crippen LogP) is 5.40. The van der Waals surface area contributed by atoms with Crippen LogP contribution in [0.3, 0.4) is 0 Å². The average Bonchev–Trinajstić information content (AvgIpc) is 3.05. The second-order valence-electron chi connectivity index (χ2n) is 6.54. The van der Waals surface area contributed by atoms with Gasteiger partial charge in [0.2, 0.25) is 0 Å². The van der Waals surface area contributed by atoms with Crippen molar-refractivity contribution in [3.63, 3.8) is 0 Å². The number of hydrogen-bond donors (Lipinski definition) is 1. The van der Waals surface area contributed by atoms with Crippen molar-refractivity contribution >= 4 is 23.0 Å². The van der Waals surface area contributed by atoms with Gasteiger partial charge in [-0.15, -0.1) is 0 Å². The molecule has 1 N–H and O–H groups in total. The molecule has 0 aliphatic heterocycles. The Kier molecular flexibility index (Phi) is 5.53. The molecule has 1 heterocycles. The molecule has 1 aromatic heterocycles. The second kappa shape index (κ2) is 7.88. The summed E-state index contributed by atoms with van der Waals surface area (Å²) in [5.74, 6) is -0.701. The van der Waals surface area contributed by atoms with E-state index in [0.29, 0.717) is 6.04 Å². The van der Waals surface area contributed by atoms with E-state index in [0.717, 1.165) is 35.0 Å². The number of carbonyl (C=O) groups is 1. The van der Waals surface area contributed by atoms with Gasteiger partial charge in [0.1, 0.15) is 0 Å². The molecule has 0 fully saturated rings. The molecule has 7 heteroatoms. The van der Waals surface area contributed by atoms with E-state index in [9.17, 15) is 18.0 Å². The van der Waals surface area contributed by atoms with Gasteiger partial charge in [-0.1, -0.05) is 31.2 Å². The molecule has 1 atom stereocenters. The van der Waals surface area contributed by atoms with Gasteiger partial charge in [0.15, 0.2) is 0 Å². The molecule has 146 valence electrons. The highest BCUT2D eigenvalue weighted by Gasteiger charge is 2.30. The zero-order valence-corrected chi connectivity index (χ0v) is 15.5. The molecule has 0 aliphatic carbocycles. The number of halogens is 3. The van der Waals surface area contributed by atoms with Gasteiger partial charge in [0, 0.05) is 34.3 Å². The number of nitrogens with zero attached hydrogens (tertiary/aromatic N) is 2. The molecular weight excluding hydrogens is 367 g/mol. The van der Waals surface area contributed by atoms with Gasteiger partial charge in [0.25, 0.3) is 5.91 Å². The van der Waals surface area contributed by atoms with Crippen LogP contribution in [-0.4, -0.2) is 16.7 Å². The van der Waals surface area contributed by atoms with E-state index in [1.54, 1.807) is 0 Å². The van der Waals surface area contributed by atoms with Gasteiger partial charge in [-0.2, -0.15) is 18.3 Å². The number of alkyl halides is 3. The standard InChI is InChI=1S/C21H20F3N3O/c1-3-14(2)27-13-16(18-9-4-5-10-19(18)27)12-25-26-20(28)15-7-6-8-17(11-15)21(22,23)24/h4-14H,3H2,1-2H3,(H,26,28)/b25-12-/t14-/m1/s1. The molecule has 2 aromatic carbocycles. The van der Waals surface area contributed by atoms with Crippen LogP contribution in [0.5, 0.6) is 0 Å². The second-order valence-corrected chi connectivity index (χ2v) is 6.54. The minimum Gasteiger partial charge on any atom is -0.344 e. The minimum atomic E-state index is -4.50. The maximum atomic E-state index is 12.8. The van der Waals surface area contributed by atoms with E-state index < -0.39 is 17.6 Å². The normalized spacial score (nSPS) is 13.2. The van der Waals surface area contributed by atoms with Gasteiger partial charge < -0.3 is 4.57 Å². The number of nitrogens with one attached hydrogen (secondary N) is 1. The third-order valence-corrected chi connectivity index (χ3v) is 4.66. The van der Waals surface area contributed by atoms with E-state index in [-0.39, 0.29) is 5.56 Å². The van der Waals surface area contributed by atoms with Gasteiger partial charge in [-0.3, -0.25) is 4.79 Å². The number of para-hydroxylation sites is 1. The summed E-state index contributed by atoms with van der Waals surface area (Å²) in [6.07, 6.45) is -0.0790. The van der Waals surface area contributed by atoms with Crippen molar-refractivity contribution in [2.45, 2.75) is 32.5 Å². The highest BCUT2D eigenvalue weighted by molar-refractivity contribution is 6.00. The van der Waals surface area contributed by atoms with Crippen molar-refractivity contribution in [1.82, 2.24) is 9.99 Å². The first kappa shape index (κ1) is 19.7. The van der Waals surface area contributed by atoms with Gasteiger partial charge in [-0.05, 0) is 37.6 Å².